The van der Waals surface area contributed by atoms with Gasteiger partial charge in [0, 0.05) is 10.8 Å². The molecule has 17 heavy (non-hydrogen) atoms. The fraction of sp³-hybridized carbons (Fsp3) is 0.0667. The Morgan fingerprint density at radius 2 is 1.82 bits per heavy atom. The molecule has 0 spiro atoms. The van der Waals surface area contributed by atoms with Gasteiger partial charge in [-0.25, -0.2) is 0 Å². The van der Waals surface area contributed by atoms with Crippen LogP contribution < -0.4 is 0 Å². The monoisotopic (exact) mass is 222 g/mol. The zero-order valence-electron chi connectivity index (χ0n) is 9.10. The van der Waals surface area contributed by atoms with Crippen molar-refractivity contribution in [3.05, 3.63) is 48.0 Å². The van der Waals surface area contributed by atoms with Crippen LogP contribution in [0.4, 0.5) is 0 Å². The van der Waals surface area contributed by atoms with Crippen molar-refractivity contribution >= 4 is 21.9 Å². The summed E-state index contributed by atoms with van der Waals surface area (Å²) in [5.41, 5.74) is 2.46. The molecule has 0 amide bonds. The van der Waals surface area contributed by atoms with Gasteiger partial charge in [0.2, 0.25) is 0 Å². The lowest BCUT2D eigenvalue weighted by atomic mass is 10.1. The van der Waals surface area contributed by atoms with Gasteiger partial charge < -0.3 is 9.52 Å². The van der Waals surface area contributed by atoms with Gasteiger partial charge in [-0.1, -0.05) is 42.2 Å². The Morgan fingerprint density at radius 3 is 2.71 bits per heavy atom. The number of aliphatic hydroxyl groups excluding tert-OH is 1. The average molecular weight is 222 g/mol. The van der Waals surface area contributed by atoms with Crippen molar-refractivity contribution in [1.29, 1.82) is 0 Å². The van der Waals surface area contributed by atoms with Crippen LogP contribution in [0.3, 0.4) is 0 Å². The molecule has 2 nitrogen and oxygen atoms in total. The topological polar surface area (TPSA) is 33.4 Å². The van der Waals surface area contributed by atoms with E-state index >= 15 is 0 Å². The molecule has 82 valence electrons. The van der Waals surface area contributed by atoms with Gasteiger partial charge in [0.25, 0.3) is 0 Å². The summed E-state index contributed by atoms with van der Waals surface area (Å²) in [4.78, 5) is 0. The molecule has 2 aromatic carbocycles. The minimum atomic E-state index is -0.142. The van der Waals surface area contributed by atoms with Crippen LogP contribution in [-0.4, -0.2) is 11.7 Å². The van der Waals surface area contributed by atoms with Gasteiger partial charge in [-0.3, -0.25) is 0 Å². The number of para-hydroxylation sites is 2. The number of aliphatic hydroxyl groups is 1. The molecule has 0 atom stereocenters. The molecule has 0 fully saturated rings. The second-order valence-electron chi connectivity index (χ2n) is 3.74. The Labute approximate surface area is 98.5 Å². The van der Waals surface area contributed by atoms with E-state index in [0.717, 1.165) is 27.5 Å². The SMILES string of the molecule is OCC#Cc1cccc2c1oc1ccccc12. The van der Waals surface area contributed by atoms with Gasteiger partial charge in [0.15, 0.2) is 5.58 Å². The van der Waals surface area contributed by atoms with Crippen LogP contribution in [0.15, 0.2) is 46.9 Å². The van der Waals surface area contributed by atoms with Crippen molar-refractivity contribution in [2.24, 2.45) is 0 Å². The Morgan fingerprint density at radius 1 is 1.00 bits per heavy atom. The molecule has 0 saturated carbocycles. The number of fused-ring (bicyclic) bond motifs is 3. The highest BCUT2D eigenvalue weighted by molar-refractivity contribution is 6.06. The minimum Gasteiger partial charge on any atom is -0.455 e. The van der Waals surface area contributed by atoms with Crippen LogP contribution in [0.25, 0.3) is 21.9 Å². The molecule has 0 bridgehead atoms. The summed E-state index contributed by atoms with van der Waals surface area (Å²) in [6.45, 7) is -0.142. The van der Waals surface area contributed by atoms with E-state index in [0.29, 0.717) is 0 Å². The van der Waals surface area contributed by atoms with E-state index < -0.39 is 0 Å². The molecule has 0 radical (unpaired) electrons. The van der Waals surface area contributed by atoms with Crippen molar-refractivity contribution in [3.63, 3.8) is 0 Å². The first-order chi connectivity index (χ1) is 8.40. The highest BCUT2D eigenvalue weighted by Gasteiger charge is 2.08. The van der Waals surface area contributed by atoms with Crippen molar-refractivity contribution < 1.29 is 9.52 Å². The second-order valence-corrected chi connectivity index (χ2v) is 3.74. The van der Waals surface area contributed by atoms with Gasteiger partial charge in [-0.2, -0.15) is 0 Å². The first-order valence-corrected chi connectivity index (χ1v) is 5.40. The maximum Gasteiger partial charge on any atom is 0.151 e. The summed E-state index contributed by atoms with van der Waals surface area (Å²) in [5, 5.41) is 10.9. The fourth-order valence-corrected chi connectivity index (χ4v) is 1.98. The van der Waals surface area contributed by atoms with Gasteiger partial charge in [0.1, 0.15) is 12.2 Å². The third-order valence-electron chi connectivity index (χ3n) is 2.71. The van der Waals surface area contributed by atoms with Gasteiger partial charge in [0.05, 0.1) is 5.56 Å². The number of hydrogen-bond acceptors (Lipinski definition) is 2. The molecule has 1 aromatic heterocycles. The lowest BCUT2D eigenvalue weighted by Gasteiger charge is -1.91. The van der Waals surface area contributed by atoms with Gasteiger partial charge in [-0.15, -0.1) is 0 Å². The zero-order chi connectivity index (χ0) is 11.7. The second kappa shape index (κ2) is 3.97. The standard InChI is InChI=1S/C15H10O2/c16-10-4-6-11-5-3-8-13-12-7-1-2-9-14(12)17-15(11)13/h1-3,5,7-9,16H,10H2. The molecule has 1 heterocycles. The summed E-state index contributed by atoms with van der Waals surface area (Å²) >= 11 is 0. The van der Waals surface area contributed by atoms with E-state index in [2.05, 4.69) is 11.8 Å². The summed E-state index contributed by atoms with van der Waals surface area (Å²) < 4.78 is 5.80. The van der Waals surface area contributed by atoms with Crippen molar-refractivity contribution in [2.45, 2.75) is 0 Å². The van der Waals surface area contributed by atoms with Crippen LogP contribution in [0, 0.1) is 11.8 Å². The lowest BCUT2D eigenvalue weighted by Crippen LogP contribution is -1.77. The molecule has 0 aliphatic heterocycles. The van der Waals surface area contributed by atoms with Gasteiger partial charge in [-0.05, 0) is 12.1 Å². The molecular weight excluding hydrogens is 212 g/mol. The summed E-state index contributed by atoms with van der Waals surface area (Å²) in [7, 11) is 0. The van der Waals surface area contributed by atoms with Gasteiger partial charge >= 0.3 is 0 Å². The number of rotatable bonds is 0. The van der Waals surface area contributed by atoms with E-state index in [4.69, 9.17) is 9.52 Å². The highest BCUT2D eigenvalue weighted by Crippen LogP contribution is 2.30. The summed E-state index contributed by atoms with van der Waals surface area (Å²) in [6, 6.07) is 13.8. The van der Waals surface area contributed by atoms with E-state index in [-0.39, 0.29) is 6.61 Å². The quantitative estimate of drug-likeness (QED) is 0.593. The summed E-state index contributed by atoms with van der Waals surface area (Å²) in [6.07, 6.45) is 0. The van der Waals surface area contributed by atoms with Crippen LogP contribution in [-0.2, 0) is 0 Å². The fourth-order valence-electron chi connectivity index (χ4n) is 1.98. The van der Waals surface area contributed by atoms with E-state index in [1.807, 2.05) is 42.5 Å². The normalized spacial score (nSPS) is 10.4. The van der Waals surface area contributed by atoms with Crippen molar-refractivity contribution in [1.82, 2.24) is 0 Å². The molecule has 0 aliphatic rings. The van der Waals surface area contributed by atoms with Crippen molar-refractivity contribution in [2.75, 3.05) is 6.61 Å². The molecule has 2 heteroatoms. The Bertz CT molecular complexity index is 742. The third-order valence-corrected chi connectivity index (χ3v) is 2.71. The molecule has 0 aliphatic carbocycles. The Balaban J connectivity index is 2.39. The molecule has 3 aromatic rings. The average Bonchev–Trinajstić information content (AvgIpc) is 2.75. The Hall–Kier alpha value is -2.24. The molecule has 1 N–H and O–H groups in total. The van der Waals surface area contributed by atoms with E-state index in [1.165, 1.54) is 0 Å². The molecule has 3 rings (SSSR count). The third kappa shape index (κ3) is 1.57. The Kier molecular flexibility index (Phi) is 2.32. The number of benzene rings is 2. The molecular formula is C15H10O2. The maximum absolute atomic E-state index is 8.74. The maximum atomic E-state index is 8.74. The van der Waals surface area contributed by atoms with Crippen LogP contribution in [0.1, 0.15) is 5.56 Å². The molecule has 0 saturated heterocycles. The smallest absolute Gasteiger partial charge is 0.151 e. The summed E-state index contributed by atoms with van der Waals surface area (Å²) in [5.74, 6) is 5.55. The molecule has 0 unspecified atom stereocenters. The van der Waals surface area contributed by atoms with Crippen LogP contribution >= 0.6 is 0 Å². The largest absolute Gasteiger partial charge is 0.455 e. The van der Waals surface area contributed by atoms with E-state index in [9.17, 15) is 0 Å². The van der Waals surface area contributed by atoms with Crippen molar-refractivity contribution in [3.8, 4) is 11.8 Å². The minimum absolute atomic E-state index is 0.142. The van der Waals surface area contributed by atoms with Crippen LogP contribution in [0.2, 0.25) is 0 Å². The highest BCUT2D eigenvalue weighted by atomic mass is 16.3. The lowest BCUT2D eigenvalue weighted by molar-refractivity contribution is 0.350. The number of hydrogen-bond donors (Lipinski definition) is 1. The predicted octanol–water partition coefficient (Wildman–Crippen LogP) is 2.93. The van der Waals surface area contributed by atoms with E-state index in [1.54, 1.807) is 0 Å². The predicted molar refractivity (Wildman–Crippen MR) is 67.7 cm³/mol. The zero-order valence-corrected chi connectivity index (χ0v) is 9.10. The first kappa shape index (κ1) is 9.95. The first-order valence-electron chi connectivity index (χ1n) is 5.40. The number of furan rings is 1. The van der Waals surface area contributed by atoms with Crippen LogP contribution in [0.5, 0.6) is 0 Å².